The molecule has 0 bridgehead atoms. The summed E-state index contributed by atoms with van der Waals surface area (Å²) >= 11 is 0. The van der Waals surface area contributed by atoms with Crippen LogP contribution < -0.4 is 5.32 Å². The van der Waals surface area contributed by atoms with Crippen LogP contribution >= 0.6 is 0 Å². The number of hydrogen-bond donors (Lipinski definition) is 1. The molecule has 2 aromatic rings. The Hall–Kier alpha value is -2.70. The van der Waals surface area contributed by atoms with Crippen LogP contribution in [0.15, 0.2) is 34.9 Å². The van der Waals surface area contributed by atoms with Crippen LogP contribution in [0, 0.1) is 18.6 Å². The van der Waals surface area contributed by atoms with Gasteiger partial charge < -0.3 is 14.6 Å². The van der Waals surface area contributed by atoms with Crippen molar-refractivity contribution in [2.45, 2.75) is 32.4 Å². The average molecular weight is 348 g/mol. The molecular weight excluding hydrogens is 330 g/mol. The number of rotatable bonds is 4. The van der Waals surface area contributed by atoms with Crippen molar-refractivity contribution in [2.75, 3.05) is 6.54 Å². The molecule has 1 aromatic heterocycles. The van der Waals surface area contributed by atoms with Gasteiger partial charge in [-0.25, -0.2) is 8.78 Å². The summed E-state index contributed by atoms with van der Waals surface area (Å²) in [6.07, 6.45) is 2.60. The van der Waals surface area contributed by atoms with Crippen LogP contribution in [-0.2, 0) is 11.3 Å². The van der Waals surface area contributed by atoms with Crippen molar-refractivity contribution in [1.82, 2.24) is 10.2 Å². The van der Waals surface area contributed by atoms with E-state index in [1.807, 2.05) is 0 Å². The number of nitrogens with zero attached hydrogens (tertiary/aromatic N) is 1. The minimum absolute atomic E-state index is 0.0388. The standard InChI is InChI=1S/C18H18F2N2O3/c1-11-6-8-25-16(11)17(23)21-15-3-2-7-22(18(15)24)10-12-4-5-13(19)9-14(12)20/h4-6,8-9,15H,2-3,7,10H2,1H3,(H,21,23)/t15-/m0/s1. The number of likely N-dealkylation sites (tertiary alicyclic amines) is 1. The number of furan rings is 1. The van der Waals surface area contributed by atoms with Gasteiger partial charge in [0, 0.05) is 30.3 Å². The molecule has 1 N–H and O–H groups in total. The second-order valence-electron chi connectivity index (χ2n) is 6.10. The van der Waals surface area contributed by atoms with E-state index in [0.29, 0.717) is 24.9 Å². The summed E-state index contributed by atoms with van der Waals surface area (Å²) in [5.41, 5.74) is 0.926. The fourth-order valence-electron chi connectivity index (χ4n) is 2.92. The number of amides is 2. The summed E-state index contributed by atoms with van der Waals surface area (Å²) in [5, 5.41) is 2.67. The van der Waals surface area contributed by atoms with Crippen molar-refractivity contribution >= 4 is 11.8 Å². The second-order valence-corrected chi connectivity index (χ2v) is 6.10. The first-order valence-electron chi connectivity index (χ1n) is 8.03. The smallest absolute Gasteiger partial charge is 0.287 e. The van der Waals surface area contributed by atoms with E-state index in [-0.39, 0.29) is 23.8 Å². The van der Waals surface area contributed by atoms with Gasteiger partial charge in [0.2, 0.25) is 5.91 Å². The van der Waals surface area contributed by atoms with E-state index in [1.54, 1.807) is 13.0 Å². The number of halogens is 2. The number of aryl methyl sites for hydroxylation is 1. The molecular formula is C18H18F2N2O3. The number of carbonyl (C=O) groups excluding carboxylic acids is 2. The monoisotopic (exact) mass is 348 g/mol. The average Bonchev–Trinajstić information content (AvgIpc) is 3.00. The number of carbonyl (C=O) groups is 2. The molecule has 1 aliphatic rings. The lowest BCUT2D eigenvalue weighted by Crippen LogP contribution is -2.52. The fraction of sp³-hybridized carbons (Fsp3) is 0.333. The first-order valence-corrected chi connectivity index (χ1v) is 8.03. The van der Waals surface area contributed by atoms with E-state index in [2.05, 4.69) is 5.32 Å². The zero-order chi connectivity index (χ0) is 18.0. The Morgan fingerprint density at radius 1 is 1.36 bits per heavy atom. The van der Waals surface area contributed by atoms with Gasteiger partial charge in [-0.3, -0.25) is 9.59 Å². The molecule has 132 valence electrons. The highest BCUT2D eigenvalue weighted by Gasteiger charge is 2.31. The van der Waals surface area contributed by atoms with Crippen LogP contribution in [0.3, 0.4) is 0 Å². The Kier molecular flexibility index (Phi) is 4.83. The van der Waals surface area contributed by atoms with Crippen LogP contribution in [-0.4, -0.2) is 29.3 Å². The maximum atomic E-state index is 13.8. The molecule has 1 saturated heterocycles. The van der Waals surface area contributed by atoms with Gasteiger partial charge in [-0.15, -0.1) is 0 Å². The molecule has 1 fully saturated rings. The molecule has 2 heterocycles. The highest BCUT2D eigenvalue weighted by molar-refractivity contribution is 5.96. The third kappa shape index (κ3) is 3.70. The van der Waals surface area contributed by atoms with Crippen molar-refractivity contribution in [1.29, 1.82) is 0 Å². The zero-order valence-electron chi connectivity index (χ0n) is 13.7. The Morgan fingerprint density at radius 2 is 2.16 bits per heavy atom. The lowest BCUT2D eigenvalue weighted by Gasteiger charge is -2.32. The van der Waals surface area contributed by atoms with Crippen LogP contribution in [0.4, 0.5) is 8.78 Å². The maximum Gasteiger partial charge on any atom is 0.287 e. The van der Waals surface area contributed by atoms with Crippen molar-refractivity contribution in [3.63, 3.8) is 0 Å². The molecule has 0 saturated carbocycles. The predicted molar refractivity (Wildman–Crippen MR) is 85.7 cm³/mol. The lowest BCUT2D eigenvalue weighted by molar-refractivity contribution is -0.136. The van der Waals surface area contributed by atoms with E-state index in [0.717, 1.165) is 12.1 Å². The van der Waals surface area contributed by atoms with Crippen LogP contribution in [0.5, 0.6) is 0 Å². The number of piperidine rings is 1. The maximum absolute atomic E-state index is 13.8. The van der Waals surface area contributed by atoms with Gasteiger partial charge in [-0.2, -0.15) is 0 Å². The summed E-state index contributed by atoms with van der Waals surface area (Å²) in [7, 11) is 0. The Morgan fingerprint density at radius 3 is 2.84 bits per heavy atom. The molecule has 5 nitrogen and oxygen atoms in total. The first-order chi connectivity index (χ1) is 12.0. The largest absolute Gasteiger partial charge is 0.459 e. The Balaban J connectivity index is 1.68. The van der Waals surface area contributed by atoms with Crippen molar-refractivity contribution in [3.05, 3.63) is 59.1 Å². The third-order valence-electron chi connectivity index (χ3n) is 4.28. The third-order valence-corrected chi connectivity index (χ3v) is 4.28. The van der Waals surface area contributed by atoms with Gasteiger partial charge in [0.1, 0.15) is 17.7 Å². The molecule has 0 unspecified atom stereocenters. The minimum atomic E-state index is -0.690. The van der Waals surface area contributed by atoms with Gasteiger partial charge in [-0.05, 0) is 31.9 Å². The molecule has 1 aromatic carbocycles. The van der Waals surface area contributed by atoms with E-state index >= 15 is 0 Å². The first kappa shape index (κ1) is 17.1. The summed E-state index contributed by atoms with van der Waals surface area (Å²) in [6.45, 7) is 2.24. The van der Waals surface area contributed by atoms with E-state index in [4.69, 9.17) is 4.42 Å². The normalized spacial score (nSPS) is 17.6. The molecule has 1 aliphatic heterocycles. The van der Waals surface area contributed by atoms with E-state index < -0.39 is 23.6 Å². The van der Waals surface area contributed by atoms with Gasteiger partial charge in [0.05, 0.1) is 6.26 Å². The summed E-state index contributed by atoms with van der Waals surface area (Å²) in [6, 6.07) is 4.26. The van der Waals surface area contributed by atoms with Gasteiger partial charge in [0.25, 0.3) is 5.91 Å². The molecule has 7 heteroatoms. The SMILES string of the molecule is Cc1ccoc1C(=O)N[C@H]1CCCN(Cc2ccc(F)cc2F)C1=O. The highest BCUT2D eigenvalue weighted by atomic mass is 19.1. The fourth-order valence-corrected chi connectivity index (χ4v) is 2.92. The molecule has 2 amide bonds. The summed E-state index contributed by atoms with van der Waals surface area (Å²) in [4.78, 5) is 26.3. The minimum Gasteiger partial charge on any atom is -0.459 e. The van der Waals surface area contributed by atoms with Crippen molar-refractivity contribution in [3.8, 4) is 0 Å². The van der Waals surface area contributed by atoms with Crippen molar-refractivity contribution < 1.29 is 22.8 Å². The number of nitrogens with one attached hydrogen (secondary N) is 1. The lowest BCUT2D eigenvalue weighted by atomic mass is 10.0. The Labute approximate surface area is 143 Å². The van der Waals surface area contributed by atoms with Crippen LogP contribution in [0.25, 0.3) is 0 Å². The Bertz CT molecular complexity index is 803. The van der Waals surface area contributed by atoms with Crippen LogP contribution in [0.2, 0.25) is 0 Å². The van der Waals surface area contributed by atoms with E-state index in [1.165, 1.54) is 17.2 Å². The summed E-state index contributed by atoms with van der Waals surface area (Å²) < 4.78 is 31.9. The molecule has 25 heavy (non-hydrogen) atoms. The number of benzene rings is 1. The second kappa shape index (κ2) is 7.04. The van der Waals surface area contributed by atoms with Gasteiger partial charge in [0.15, 0.2) is 5.76 Å². The highest BCUT2D eigenvalue weighted by Crippen LogP contribution is 2.18. The van der Waals surface area contributed by atoms with Crippen LogP contribution in [0.1, 0.15) is 34.5 Å². The molecule has 0 spiro atoms. The molecule has 0 radical (unpaired) electrons. The summed E-state index contributed by atoms with van der Waals surface area (Å²) in [5.74, 6) is -1.91. The molecule has 3 rings (SSSR count). The topological polar surface area (TPSA) is 62.6 Å². The van der Waals surface area contributed by atoms with Crippen molar-refractivity contribution in [2.24, 2.45) is 0 Å². The number of hydrogen-bond acceptors (Lipinski definition) is 3. The quantitative estimate of drug-likeness (QED) is 0.924. The molecule has 1 atom stereocenters. The zero-order valence-corrected chi connectivity index (χ0v) is 13.7. The van der Waals surface area contributed by atoms with E-state index in [9.17, 15) is 18.4 Å². The predicted octanol–water partition coefficient (Wildman–Crippen LogP) is 2.79. The molecule has 0 aliphatic carbocycles. The van der Waals surface area contributed by atoms with Gasteiger partial charge in [-0.1, -0.05) is 6.07 Å². The van der Waals surface area contributed by atoms with Gasteiger partial charge >= 0.3 is 0 Å².